The van der Waals surface area contributed by atoms with Crippen LogP contribution in [0.5, 0.6) is 11.5 Å². The highest BCUT2D eigenvalue weighted by Crippen LogP contribution is 2.47. The van der Waals surface area contributed by atoms with Gasteiger partial charge in [0.1, 0.15) is 18.1 Å². The Morgan fingerprint density at radius 2 is 1.70 bits per heavy atom. The van der Waals surface area contributed by atoms with Gasteiger partial charge in [0.25, 0.3) is 5.91 Å². The van der Waals surface area contributed by atoms with Gasteiger partial charge >= 0.3 is 5.97 Å². The van der Waals surface area contributed by atoms with Gasteiger partial charge < -0.3 is 24.5 Å². The molecular formula is C36H38N2O6. The van der Waals surface area contributed by atoms with Crippen molar-refractivity contribution in [2.75, 3.05) is 13.7 Å². The van der Waals surface area contributed by atoms with Crippen molar-refractivity contribution in [1.29, 1.82) is 0 Å². The van der Waals surface area contributed by atoms with Gasteiger partial charge in [0.15, 0.2) is 5.78 Å². The van der Waals surface area contributed by atoms with Crippen LogP contribution in [0.25, 0.3) is 22.2 Å². The number of hydrogen-bond acceptors (Lipinski definition) is 5. The monoisotopic (exact) mass is 594 g/mol. The Labute approximate surface area is 257 Å². The zero-order valence-electron chi connectivity index (χ0n) is 25.4. The number of ether oxygens (including phenoxy) is 2. The SMILES string of the molecule is COc1ccc2c(c1)OCCn1c-2c(C2CCCCC2)c2ccc(C(=O)NC(C)(C)C(=O)Cc3ccc(C(=O)O)cc3)cc21. The van der Waals surface area contributed by atoms with Gasteiger partial charge in [-0.25, -0.2) is 4.79 Å². The molecular weight excluding hydrogens is 556 g/mol. The quantitative estimate of drug-likeness (QED) is 0.233. The number of carboxylic acids is 1. The summed E-state index contributed by atoms with van der Waals surface area (Å²) in [6.07, 6.45) is 6.01. The number of aromatic nitrogens is 1. The minimum atomic E-state index is -1.13. The van der Waals surface area contributed by atoms with Crippen molar-refractivity contribution in [2.45, 2.75) is 70.4 Å². The number of nitrogens with zero attached hydrogens (tertiary/aromatic N) is 1. The molecule has 228 valence electrons. The number of aromatic carboxylic acids is 1. The molecule has 1 saturated carbocycles. The standard InChI is InChI=1S/C36H38N2O6/c1-36(2,31(39)19-22-9-11-24(12-10-22)35(41)42)37-34(40)25-13-15-27-29(20-25)38-17-18-44-30-21-26(43-3)14-16-28(30)33(38)32(27)23-7-5-4-6-8-23/h9-16,20-21,23H,4-8,17-19H2,1-3H3,(H,37,40)(H,41,42). The van der Waals surface area contributed by atoms with Crippen LogP contribution in [0, 0.1) is 0 Å². The van der Waals surface area contributed by atoms with E-state index in [1.807, 2.05) is 24.3 Å². The highest BCUT2D eigenvalue weighted by molar-refractivity contribution is 6.03. The number of fused-ring (bicyclic) bond motifs is 5. The van der Waals surface area contributed by atoms with E-state index in [0.717, 1.165) is 46.5 Å². The minimum Gasteiger partial charge on any atom is -0.497 e. The maximum Gasteiger partial charge on any atom is 0.335 e. The molecule has 0 radical (unpaired) electrons. The Hall–Kier alpha value is -4.59. The van der Waals surface area contributed by atoms with E-state index >= 15 is 0 Å². The van der Waals surface area contributed by atoms with Crippen LogP contribution in [-0.4, -0.2) is 46.6 Å². The number of hydrogen-bond donors (Lipinski definition) is 2. The van der Waals surface area contributed by atoms with E-state index in [0.29, 0.717) is 30.2 Å². The lowest BCUT2D eigenvalue weighted by atomic mass is 9.81. The van der Waals surface area contributed by atoms with Crippen molar-refractivity contribution >= 4 is 28.6 Å². The maximum absolute atomic E-state index is 13.6. The van der Waals surface area contributed by atoms with Crippen LogP contribution in [-0.2, 0) is 17.8 Å². The fourth-order valence-corrected chi connectivity index (χ4v) is 6.63. The molecule has 0 atom stereocenters. The third kappa shape index (κ3) is 5.56. The summed E-state index contributed by atoms with van der Waals surface area (Å²) in [5.74, 6) is 0.470. The summed E-state index contributed by atoms with van der Waals surface area (Å²) in [5.41, 5.74) is 4.71. The highest BCUT2D eigenvalue weighted by Gasteiger charge is 2.32. The van der Waals surface area contributed by atoms with Crippen LogP contribution in [0.3, 0.4) is 0 Å². The first kappa shape index (κ1) is 29.5. The lowest BCUT2D eigenvalue weighted by Gasteiger charge is -2.25. The molecule has 0 spiro atoms. The molecule has 2 N–H and O–H groups in total. The van der Waals surface area contributed by atoms with Gasteiger partial charge in [-0.15, -0.1) is 0 Å². The molecule has 8 nitrogen and oxygen atoms in total. The number of nitrogens with one attached hydrogen (secondary N) is 1. The second-order valence-electron chi connectivity index (χ2n) is 12.4. The van der Waals surface area contributed by atoms with Crippen molar-refractivity contribution in [2.24, 2.45) is 0 Å². The number of Topliss-reactive ketones (excluding diaryl/α,β-unsaturated/α-hetero) is 1. The van der Waals surface area contributed by atoms with Crippen LogP contribution < -0.4 is 14.8 Å². The minimum absolute atomic E-state index is 0.0768. The lowest BCUT2D eigenvalue weighted by molar-refractivity contribution is -0.123. The van der Waals surface area contributed by atoms with Crippen molar-refractivity contribution < 1.29 is 29.0 Å². The third-order valence-electron chi connectivity index (χ3n) is 9.08. The van der Waals surface area contributed by atoms with E-state index in [-0.39, 0.29) is 23.7 Å². The van der Waals surface area contributed by atoms with Crippen LogP contribution >= 0.6 is 0 Å². The van der Waals surface area contributed by atoms with Gasteiger partial charge in [-0.05, 0) is 80.1 Å². The number of ketones is 1. The summed E-state index contributed by atoms with van der Waals surface area (Å²) in [6, 6.07) is 18.1. The summed E-state index contributed by atoms with van der Waals surface area (Å²) < 4.78 is 14.0. The van der Waals surface area contributed by atoms with Crippen LogP contribution in [0.4, 0.5) is 0 Å². The van der Waals surface area contributed by atoms with E-state index in [1.165, 1.54) is 37.0 Å². The van der Waals surface area contributed by atoms with Gasteiger partial charge in [0, 0.05) is 34.5 Å². The van der Waals surface area contributed by atoms with E-state index in [1.54, 1.807) is 33.1 Å². The third-order valence-corrected chi connectivity index (χ3v) is 9.08. The lowest BCUT2D eigenvalue weighted by Crippen LogP contribution is -2.50. The number of rotatable bonds is 8. The van der Waals surface area contributed by atoms with Crippen molar-refractivity contribution in [1.82, 2.24) is 9.88 Å². The number of carbonyl (C=O) groups excluding carboxylic acids is 2. The Morgan fingerprint density at radius 3 is 2.41 bits per heavy atom. The van der Waals surface area contributed by atoms with Gasteiger partial charge in [-0.2, -0.15) is 0 Å². The fourth-order valence-electron chi connectivity index (χ4n) is 6.63. The average Bonchev–Trinajstić information content (AvgIpc) is 3.22. The van der Waals surface area contributed by atoms with Crippen molar-refractivity contribution in [3.05, 3.63) is 82.9 Å². The van der Waals surface area contributed by atoms with E-state index < -0.39 is 11.5 Å². The van der Waals surface area contributed by atoms with Crippen molar-refractivity contribution in [3.63, 3.8) is 0 Å². The van der Waals surface area contributed by atoms with E-state index in [9.17, 15) is 14.4 Å². The van der Waals surface area contributed by atoms with Crippen molar-refractivity contribution in [3.8, 4) is 22.8 Å². The van der Waals surface area contributed by atoms with E-state index in [2.05, 4.69) is 22.0 Å². The zero-order valence-corrected chi connectivity index (χ0v) is 25.4. The largest absolute Gasteiger partial charge is 0.497 e. The molecule has 0 unspecified atom stereocenters. The Bertz CT molecular complexity index is 1740. The van der Waals surface area contributed by atoms with Gasteiger partial charge in [0.2, 0.25) is 0 Å². The normalized spacial score (nSPS) is 15.1. The predicted octanol–water partition coefficient (Wildman–Crippen LogP) is 6.78. The summed E-state index contributed by atoms with van der Waals surface area (Å²) in [4.78, 5) is 38.0. The van der Waals surface area contributed by atoms with Gasteiger partial charge in [-0.1, -0.05) is 37.5 Å². The molecule has 1 amide bonds. The molecule has 1 aliphatic carbocycles. The molecule has 8 heteroatoms. The first-order valence-electron chi connectivity index (χ1n) is 15.3. The average molecular weight is 595 g/mol. The zero-order chi connectivity index (χ0) is 31.0. The fraction of sp³-hybridized carbons (Fsp3) is 0.361. The first-order chi connectivity index (χ1) is 21.2. The molecule has 3 aromatic carbocycles. The molecule has 4 aromatic rings. The number of carbonyl (C=O) groups is 3. The van der Waals surface area contributed by atoms with E-state index in [4.69, 9.17) is 14.6 Å². The molecule has 1 fully saturated rings. The molecule has 2 heterocycles. The Morgan fingerprint density at radius 1 is 0.977 bits per heavy atom. The second kappa shape index (κ2) is 11.8. The molecule has 0 saturated heterocycles. The molecule has 1 aliphatic heterocycles. The summed E-state index contributed by atoms with van der Waals surface area (Å²) in [7, 11) is 1.66. The first-order valence-corrected chi connectivity index (χ1v) is 15.3. The topological polar surface area (TPSA) is 107 Å². The molecule has 44 heavy (non-hydrogen) atoms. The van der Waals surface area contributed by atoms with Gasteiger partial charge in [-0.3, -0.25) is 9.59 Å². The second-order valence-corrected chi connectivity index (χ2v) is 12.4. The molecule has 1 aromatic heterocycles. The van der Waals surface area contributed by atoms with Crippen LogP contribution in [0.2, 0.25) is 0 Å². The summed E-state index contributed by atoms with van der Waals surface area (Å²) in [6.45, 7) is 4.53. The number of carboxylic acid groups (broad SMARTS) is 1. The summed E-state index contributed by atoms with van der Waals surface area (Å²) >= 11 is 0. The van der Waals surface area contributed by atoms with Crippen LogP contribution in [0.1, 0.15) is 83.7 Å². The highest BCUT2D eigenvalue weighted by atomic mass is 16.5. The Balaban J connectivity index is 1.33. The number of amides is 1. The molecule has 2 aliphatic rings. The number of methoxy groups -OCH3 is 1. The van der Waals surface area contributed by atoms with Crippen LogP contribution in [0.15, 0.2) is 60.7 Å². The predicted molar refractivity (Wildman–Crippen MR) is 169 cm³/mol. The van der Waals surface area contributed by atoms with Gasteiger partial charge in [0.05, 0.1) is 30.5 Å². The molecule has 0 bridgehead atoms. The smallest absolute Gasteiger partial charge is 0.335 e. The number of benzene rings is 3. The maximum atomic E-state index is 13.6. The summed E-state index contributed by atoms with van der Waals surface area (Å²) in [5, 5.41) is 13.3. The molecule has 6 rings (SSSR count). The Kier molecular flexibility index (Phi) is 7.93.